The highest BCUT2D eigenvalue weighted by atomic mass is 19.1. The van der Waals surface area contributed by atoms with Crippen molar-refractivity contribution in [2.75, 3.05) is 0 Å². The molecule has 2 aromatic carbocycles. The highest BCUT2D eigenvalue weighted by Gasteiger charge is 2.20. The molecule has 0 radical (unpaired) electrons. The highest BCUT2D eigenvalue weighted by Crippen LogP contribution is 2.22. The predicted molar refractivity (Wildman–Crippen MR) is 119 cm³/mol. The van der Waals surface area contributed by atoms with Gasteiger partial charge in [0, 0.05) is 37.1 Å². The summed E-state index contributed by atoms with van der Waals surface area (Å²) in [6, 6.07) is 18.7. The Labute approximate surface area is 188 Å². The minimum atomic E-state index is -0.713. The topological polar surface area (TPSA) is 64.2 Å². The molecule has 1 amide bonds. The van der Waals surface area contributed by atoms with E-state index in [9.17, 15) is 13.6 Å². The van der Waals surface area contributed by atoms with E-state index in [0.29, 0.717) is 23.6 Å². The summed E-state index contributed by atoms with van der Waals surface area (Å²) in [5, 5.41) is 2.67. The summed E-state index contributed by atoms with van der Waals surface area (Å²) in [6.07, 6.45) is 5.41. The fraction of sp³-hybridized carbons (Fsp3) is 0.0800. The number of nitrogens with zero attached hydrogens (tertiary/aromatic N) is 4. The van der Waals surface area contributed by atoms with Crippen LogP contribution in [-0.4, -0.2) is 24.8 Å². The molecule has 0 aliphatic rings. The molecule has 0 saturated carbocycles. The normalized spacial score (nSPS) is 11.1. The average Bonchev–Trinajstić information content (AvgIpc) is 3.44. The van der Waals surface area contributed by atoms with Crippen LogP contribution in [0.25, 0.3) is 17.0 Å². The molecule has 5 rings (SSSR count). The van der Waals surface area contributed by atoms with Crippen molar-refractivity contribution in [3.63, 3.8) is 0 Å². The maximum atomic E-state index is 13.9. The number of carbonyl (C=O) groups is 1. The van der Waals surface area contributed by atoms with Crippen molar-refractivity contribution in [3.8, 4) is 11.5 Å². The SMILES string of the molecule is O=C(NCc1ccc(F)cc1F)c1nc(-c2cn(Cc3ccccc3)cn2)n2ccccc12. The van der Waals surface area contributed by atoms with E-state index < -0.39 is 17.5 Å². The van der Waals surface area contributed by atoms with Crippen LogP contribution < -0.4 is 5.32 Å². The fourth-order valence-electron chi connectivity index (χ4n) is 3.67. The number of hydrogen-bond donors (Lipinski definition) is 1. The first-order valence-corrected chi connectivity index (χ1v) is 10.3. The lowest BCUT2D eigenvalue weighted by molar-refractivity contribution is 0.0948. The summed E-state index contributed by atoms with van der Waals surface area (Å²) < 4.78 is 30.8. The Kier molecular flexibility index (Phi) is 5.40. The number of imidazole rings is 2. The van der Waals surface area contributed by atoms with E-state index in [1.54, 1.807) is 16.8 Å². The molecular weight excluding hydrogens is 424 g/mol. The van der Waals surface area contributed by atoms with Crippen LogP contribution in [0.15, 0.2) is 85.5 Å². The molecule has 0 aliphatic heterocycles. The summed E-state index contributed by atoms with van der Waals surface area (Å²) in [5.74, 6) is -1.32. The van der Waals surface area contributed by atoms with Gasteiger partial charge in [0.05, 0.1) is 11.8 Å². The molecule has 0 saturated heterocycles. The van der Waals surface area contributed by atoms with Crippen LogP contribution in [0.2, 0.25) is 0 Å². The van der Waals surface area contributed by atoms with Gasteiger partial charge >= 0.3 is 0 Å². The molecule has 0 atom stereocenters. The summed E-state index contributed by atoms with van der Waals surface area (Å²) in [6.45, 7) is 0.575. The van der Waals surface area contributed by atoms with E-state index >= 15 is 0 Å². The molecule has 0 fully saturated rings. The number of rotatable bonds is 6. The van der Waals surface area contributed by atoms with Crippen LogP contribution in [0, 0.1) is 11.6 Å². The number of fused-ring (bicyclic) bond motifs is 1. The van der Waals surface area contributed by atoms with Crippen LogP contribution in [0.3, 0.4) is 0 Å². The Morgan fingerprint density at radius 3 is 2.64 bits per heavy atom. The molecule has 0 aliphatic carbocycles. The van der Waals surface area contributed by atoms with Crippen LogP contribution in [-0.2, 0) is 13.1 Å². The number of aromatic nitrogens is 4. The first kappa shape index (κ1) is 20.6. The van der Waals surface area contributed by atoms with Crippen LogP contribution >= 0.6 is 0 Å². The third-order valence-corrected chi connectivity index (χ3v) is 5.29. The first-order chi connectivity index (χ1) is 16.1. The maximum Gasteiger partial charge on any atom is 0.272 e. The molecule has 164 valence electrons. The van der Waals surface area contributed by atoms with Gasteiger partial charge in [0.1, 0.15) is 17.3 Å². The Balaban J connectivity index is 1.42. The highest BCUT2D eigenvalue weighted by molar-refractivity contribution is 5.99. The third kappa shape index (κ3) is 4.23. The van der Waals surface area contributed by atoms with Crippen molar-refractivity contribution in [1.82, 2.24) is 24.3 Å². The summed E-state index contributed by atoms with van der Waals surface area (Å²) in [5.41, 5.74) is 2.75. The van der Waals surface area contributed by atoms with Crippen molar-refractivity contribution in [1.29, 1.82) is 0 Å². The van der Waals surface area contributed by atoms with Gasteiger partial charge in [0.25, 0.3) is 5.91 Å². The minimum absolute atomic E-state index is 0.0855. The Morgan fingerprint density at radius 2 is 1.82 bits per heavy atom. The molecule has 0 bridgehead atoms. The molecule has 6 nitrogen and oxygen atoms in total. The zero-order valence-corrected chi connectivity index (χ0v) is 17.5. The van der Waals surface area contributed by atoms with Crippen molar-refractivity contribution in [3.05, 3.63) is 114 Å². The van der Waals surface area contributed by atoms with E-state index in [1.807, 2.05) is 59.4 Å². The van der Waals surface area contributed by atoms with Gasteiger partial charge in [0.2, 0.25) is 0 Å². The first-order valence-electron chi connectivity index (χ1n) is 10.3. The number of halogens is 2. The van der Waals surface area contributed by atoms with E-state index in [0.717, 1.165) is 17.7 Å². The molecule has 5 aromatic rings. The minimum Gasteiger partial charge on any atom is -0.346 e. The standard InChI is InChI=1S/C25H19F2N5O/c26-19-10-9-18(20(27)12-19)13-28-25(33)23-22-8-4-5-11-32(22)24(30-23)21-15-31(16-29-21)14-17-6-2-1-3-7-17/h1-12,15-16H,13-14H2,(H,28,33). The number of benzene rings is 2. The lowest BCUT2D eigenvalue weighted by Crippen LogP contribution is -2.24. The second-order valence-electron chi connectivity index (χ2n) is 7.58. The van der Waals surface area contributed by atoms with Crippen LogP contribution in [0.4, 0.5) is 8.78 Å². The van der Waals surface area contributed by atoms with Crippen LogP contribution in [0.5, 0.6) is 0 Å². The Hall–Kier alpha value is -4.33. The van der Waals surface area contributed by atoms with Crippen molar-refractivity contribution in [2.24, 2.45) is 0 Å². The van der Waals surface area contributed by atoms with Crippen molar-refractivity contribution in [2.45, 2.75) is 13.1 Å². The van der Waals surface area contributed by atoms with E-state index in [4.69, 9.17) is 0 Å². The third-order valence-electron chi connectivity index (χ3n) is 5.29. The second-order valence-corrected chi connectivity index (χ2v) is 7.58. The number of hydrogen-bond acceptors (Lipinski definition) is 3. The average molecular weight is 443 g/mol. The molecule has 3 heterocycles. The summed E-state index contributed by atoms with van der Waals surface area (Å²) in [7, 11) is 0. The summed E-state index contributed by atoms with van der Waals surface area (Å²) >= 11 is 0. The lowest BCUT2D eigenvalue weighted by Gasteiger charge is -2.05. The monoisotopic (exact) mass is 443 g/mol. The van der Waals surface area contributed by atoms with E-state index in [2.05, 4.69) is 15.3 Å². The number of amides is 1. The van der Waals surface area contributed by atoms with Gasteiger partial charge in [-0.15, -0.1) is 0 Å². The smallest absolute Gasteiger partial charge is 0.272 e. The molecule has 8 heteroatoms. The quantitative estimate of drug-likeness (QED) is 0.422. The number of carbonyl (C=O) groups excluding carboxylic acids is 1. The molecular formula is C25H19F2N5O. The second kappa shape index (κ2) is 8.66. The van der Waals surface area contributed by atoms with Gasteiger partial charge in [-0.05, 0) is 23.8 Å². The number of nitrogens with one attached hydrogen (secondary N) is 1. The van der Waals surface area contributed by atoms with E-state index in [1.165, 1.54) is 6.07 Å². The zero-order chi connectivity index (χ0) is 22.8. The van der Waals surface area contributed by atoms with Gasteiger partial charge in [-0.2, -0.15) is 0 Å². The summed E-state index contributed by atoms with van der Waals surface area (Å²) in [4.78, 5) is 21.9. The van der Waals surface area contributed by atoms with Crippen molar-refractivity contribution >= 4 is 11.4 Å². The van der Waals surface area contributed by atoms with Gasteiger partial charge in [-0.3, -0.25) is 9.20 Å². The zero-order valence-electron chi connectivity index (χ0n) is 17.5. The van der Waals surface area contributed by atoms with Gasteiger partial charge in [0.15, 0.2) is 11.5 Å². The van der Waals surface area contributed by atoms with Gasteiger partial charge in [-0.25, -0.2) is 18.7 Å². The van der Waals surface area contributed by atoms with Crippen molar-refractivity contribution < 1.29 is 13.6 Å². The molecule has 0 spiro atoms. The Morgan fingerprint density at radius 1 is 1.00 bits per heavy atom. The van der Waals surface area contributed by atoms with Gasteiger partial charge in [-0.1, -0.05) is 42.5 Å². The largest absolute Gasteiger partial charge is 0.346 e. The van der Waals surface area contributed by atoms with Crippen LogP contribution in [0.1, 0.15) is 21.6 Å². The van der Waals surface area contributed by atoms with E-state index in [-0.39, 0.29) is 17.8 Å². The fourth-order valence-corrected chi connectivity index (χ4v) is 3.67. The lowest BCUT2D eigenvalue weighted by atomic mass is 10.2. The Bertz CT molecular complexity index is 1440. The molecule has 33 heavy (non-hydrogen) atoms. The van der Waals surface area contributed by atoms with Gasteiger partial charge < -0.3 is 9.88 Å². The maximum absolute atomic E-state index is 13.9. The molecule has 1 N–H and O–H groups in total. The molecule has 0 unspecified atom stereocenters. The predicted octanol–water partition coefficient (Wildman–Crippen LogP) is 4.45. The number of pyridine rings is 1. The molecule has 3 aromatic heterocycles.